The van der Waals surface area contributed by atoms with Crippen molar-refractivity contribution in [3.63, 3.8) is 0 Å². The van der Waals surface area contributed by atoms with Crippen LogP contribution in [0.3, 0.4) is 0 Å². The van der Waals surface area contributed by atoms with Crippen molar-refractivity contribution in [2.75, 3.05) is 6.54 Å². The second-order valence-corrected chi connectivity index (χ2v) is 2.88. The van der Waals surface area contributed by atoms with Crippen LogP contribution >= 0.6 is 0 Å². The van der Waals surface area contributed by atoms with E-state index in [0.717, 1.165) is 18.2 Å². The molecule has 0 amide bonds. The van der Waals surface area contributed by atoms with Crippen LogP contribution in [-0.4, -0.2) is 6.54 Å². The van der Waals surface area contributed by atoms with Gasteiger partial charge in [0.25, 0.3) is 0 Å². The van der Waals surface area contributed by atoms with Gasteiger partial charge in [-0.1, -0.05) is 11.8 Å². The molecule has 2 N–H and O–H groups in total. The normalized spacial score (nSPS) is 10.2. The highest BCUT2D eigenvalue weighted by atomic mass is 19.4. The lowest BCUT2D eigenvalue weighted by atomic mass is 10.0. The van der Waals surface area contributed by atoms with Crippen molar-refractivity contribution in [3.05, 3.63) is 34.9 Å². The SMILES string of the molecule is N#Cc1ccc(C(F)(F)F)cc1C#CCN. The van der Waals surface area contributed by atoms with Gasteiger partial charge in [0.2, 0.25) is 0 Å². The van der Waals surface area contributed by atoms with Crippen molar-refractivity contribution < 1.29 is 13.2 Å². The molecule has 0 heterocycles. The fraction of sp³-hybridized carbons (Fsp3) is 0.182. The molecular formula is C11H7F3N2. The van der Waals surface area contributed by atoms with E-state index in [1.54, 1.807) is 6.07 Å². The lowest BCUT2D eigenvalue weighted by molar-refractivity contribution is -0.137. The van der Waals surface area contributed by atoms with Crippen LogP contribution in [0.2, 0.25) is 0 Å². The Labute approximate surface area is 90.5 Å². The Hall–Kier alpha value is -1.98. The zero-order chi connectivity index (χ0) is 12.2. The van der Waals surface area contributed by atoms with Gasteiger partial charge in [-0.15, -0.1) is 0 Å². The average Bonchev–Trinajstić information content (AvgIpc) is 2.24. The van der Waals surface area contributed by atoms with Gasteiger partial charge >= 0.3 is 6.18 Å². The molecule has 2 nitrogen and oxygen atoms in total. The molecule has 0 saturated heterocycles. The third-order valence-corrected chi connectivity index (χ3v) is 1.79. The van der Waals surface area contributed by atoms with Crippen LogP contribution in [0.1, 0.15) is 16.7 Å². The van der Waals surface area contributed by atoms with Crippen LogP contribution in [0.4, 0.5) is 13.2 Å². The van der Waals surface area contributed by atoms with Crippen molar-refractivity contribution in [2.24, 2.45) is 5.73 Å². The number of nitriles is 1. The van der Waals surface area contributed by atoms with Crippen LogP contribution in [0, 0.1) is 23.2 Å². The summed E-state index contributed by atoms with van der Waals surface area (Å²) in [5, 5.41) is 8.68. The summed E-state index contributed by atoms with van der Waals surface area (Å²) in [6.45, 7) is 0.0289. The van der Waals surface area contributed by atoms with Crippen molar-refractivity contribution in [2.45, 2.75) is 6.18 Å². The maximum absolute atomic E-state index is 12.4. The van der Waals surface area contributed by atoms with E-state index < -0.39 is 11.7 Å². The highest BCUT2D eigenvalue weighted by Gasteiger charge is 2.30. The molecule has 0 fully saturated rings. The Morgan fingerprint density at radius 3 is 2.44 bits per heavy atom. The van der Waals surface area contributed by atoms with Crippen LogP contribution in [0.15, 0.2) is 18.2 Å². The Kier molecular flexibility index (Phi) is 3.55. The van der Waals surface area contributed by atoms with Crippen LogP contribution < -0.4 is 5.73 Å². The number of nitrogens with zero attached hydrogens (tertiary/aromatic N) is 1. The number of benzene rings is 1. The zero-order valence-electron chi connectivity index (χ0n) is 8.10. The second kappa shape index (κ2) is 4.69. The lowest BCUT2D eigenvalue weighted by Gasteiger charge is -2.07. The molecule has 0 aliphatic heterocycles. The molecule has 0 unspecified atom stereocenters. The lowest BCUT2D eigenvalue weighted by Crippen LogP contribution is -2.05. The van der Waals surface area contributed by atoms with Crippen molar-refractivity contribution in [1.82, 2.24) is 0 Å². The minimum absolute atomic E-state index is 0.0289. The van der Waals surface area contributed by atoms with E-state index in [2.05, 4.69) is 11.8 Å². The maximum Gasteiger partial charge on any atom is 0.416 e. The summed E-state index contributed by atoms with van der Waals surface area (Å²) in [7, 11) is 0. The minimum atomic E-state index is -4.44. The predicted octanol–water partition coefficient (Wildman–Crippen LogP) is 1.89. The van der Waals surface area contributed by atoms with E-state index >= 15 is 0 Å². The van der Waals surface area contributed by atoms with Gasteiger partial charge in [-0.05, 0) is 18.2 Å². The summed E-state index contributed by atoms with van der Waals surface area (Å²) in [6, 6.07) is 4.57. The van der Waals surface area contributed by atoms with Gasteiger partial charge in [0.15, 0.2) is 0 Å². The van der Waals surface area contributed by atoms with Crippen molar-refractivity contribution >= 4 is 0 Å². The number of hydrogen-bond donors (Lipinski definition) is 1. The Morgan fingerprint density at radius 2 is 1.94 bits per heavy atom. The molecule has 0 atom stereocenters. The van der Waals surface area contributed by atoms with Gasteiger partial charge in [0.1, 0.15) is 6.07 Å². The monoisotopic (exact) mass is 224 g/mol. The highest BCUT2D eigenvalue weighted by Crippen LogP contribution is 2.30. The maximum atomic E-state index is 12.4. The van der Waals surface area contributed by atoms with Crippen LogP contribution in [0.5, 0.6) is 0 Å². The average molecular weight is 224 g/mol. The van der Waals surface area contributed by atoms with E-state index in [1.807, 2.05) is 0 Å². The van der Waals surface area contributed by atoms with Crippen molar-refractivity contribution in [1.29, 1.82) is 5.26 Å². The highest BCUT2D eigenvalue weighted by molar-refractivity contribution is 5.50. The second-order valence-electron chi connectivity index (χ2n) is 2.88. The summed E-state index contributed by atoms with van der Waals surface area (Å²) in [5.41, 5.74) is 4.44. The summed E-state index contributed by atoms with van der Waals surface area (Å²) < 4.78 is 37.1. The number of nitrogens with two attached hydrogens (primary N) is 1. The quantitative estimate of drug-likeness (QED) is 0.684. The molecular weight excluding hydrogens is 217 g/mol. The molecule has 5 heteroatoms. The van der Waals surface area contributed by atoms with Gasteiger partial charge in [0.05, 0.1) is 17.7 Å². The molecule has 0 radical (unpaired) electrons. The van der Waals surface area contributed by atoms with E-state index in [9.17, 15) is 13.2 Å². The van der Waals surface area contributed by atoms with Gasteiger partial charge in [-0.3, -0.25) is 0 Å². The Balaban J connectivity index is 3.28. The Morgan fingerprint density at radius 1 is 1.25 bits per heavy atom. The molecule has 0 spiro atoms. The van der Waals surface area contributed by atoms with Crippen LogP contribution in [0.25, 0.3) is 0 Å². The third-order valence-electron chi connectivity index (χ3n) is 1.79. The minimum Gasteiger partial charge on any atom is -0.320 e. The fourth-order valence-electron chi connectivity index (χ4n) is 1.07. The van der Waals surface area contributed by atoms with Gasteiger partial charge < -0.3 is 5.73 Å². The smallest absolute Gasteiger partial charge is 0.320 e. The van der Waals surface area contributed by atoms with Gasteiger partial charge in [-0.25, -0.2) is 0 Å². The molecule has 1 rings (SSSR count). The first-order valence-electron chi connectivity index (χ1n) is 4.29. The molecule has 0 aromatic heterocycles. The predicted molar refractivity (Wildman–Crippen MR) is 52.1 cm³/mol. The molecule has 1 aromatic rings. The van der Waals surface area contributed by atoms with E-state index in [4.69, 9.17) is 11.0 Å². The summed E-state index contributed by atoms with van der Waals surface area (Å²) in [4.78, 5) is 0. The van der Waals surface area contributed by atoms with Crippen LogP contribution in [-0.2, 0) is 6.18 Å². The fourth-order valence-corrected chi connectivity index (χ4v) is 1.07. The van der Waals surface area contributed by atoms with E-state index in [-0.39, 0.29) is 17.7 Å². The molecule has 0 bridgehead atoms. The molecule has 1 aromatic carbocycles. The number of rotatable bonds is 0. The summed E-state index contributed by atoms with van der Waals surface area (Å²) >= 11 is 0. The molecule has 0 aliphatic rings. The number of alkyl halides is 3. The first-order chi connectivity index (χ1) is 7.49. The summed E-state index contributed by atoms with van der Waals surface area (Å²) in [5.74, 6) is 4.86. The standard InChI is InChI=1S/C11H7F3N2/c12-11(13,14)10-4-3-9(7-16)8(6-10)2-1-5-15/h3-4,6H,5,15H2. The van der Waals surface area contributed by atoms with E-state index in [1.165, 1.54) is 0 Å². The molecule has 0 saturated carbocycles. The largest absolute Gasteiger partial charge is 0.416 e. The van der Waals surface area contributed by atoms with Gasteiger partial charge in [0, 0.05) is 5.56 Å². The topological polar surface area (TPSA) is 49.8 Å². The Bertz CT molecular complexity index is 487. The van der Waals surface area contributed by atoms with Crippen molar-refractivity contribution in [3.8, 4) is 17.9 Å². The first-order valence-corrected chi connectivity index (χ1v) is 4.29. The first kappa shape index (κ1) is 12.1. The number of halogens is 3. The molecule has 82 valence electrons. The number of hydrogen-bond acceptors (Lipinski definition) is 2. The third kappa shape index (κ3) is 2.75. The van der Waals surface area contributed by atoms with E-state index in [0.29, 0.717) is 0 Å². The summed E-state index contributed by atoms with van der Waals surface area (Å²) in [6.07, 6.45) is -4.44. The van der Waals surface area contributed by atoms with Gasteiger partial charge in [-0.2, -0.15) is 18.4 Å². The molecule has 0 aliphatic carbocycles. The zero-order valence-corrected chi connectivity index (χ0v) is 8.10. The molecule has 16 heavy (non-hydrogen) atoms.